The summed E-state index contributed by atoms with van der Waals surface area (Å²) >= 11 is 0. The van der Waals surface area contributed by atoms with Crippen LogP contribution in [0.1, 0.15) is 37.0 Å². The molecular formula is C19H27N5O. The van der Waals surface area contributed by atoms with Crippen molar-refractivity contribution in [3.63, 3.8) is 0 Å². The van der Waals surface area contributed by atoms with Gasteiger partial charge < -0.3 is 10.2 Å². The summed E-state index contributed by atoms with van der Waals surface area (Å²) in [5.41, 5.74) is 0.624. The molecule has 3 rings (SSSR count). The number of nitrogens with zero attached hydrogens (tertiary/aromatic N) is 4. The molecule has 2 unspecified atom stereocenters. The highest BCUT2D eigenvalue weighted by Gasteiger charge is 2.21. The summed E-state index contributed by atoms with van der Waals surface area (Å²) in [6.45, 7) is 8.75. The van der Waals surface area contributed by atoms with Gasteiger partial charge in [-0.05, 0) is 43.4 Å². The van der Waals surface area contributed by atoms with E-state index < -0.39 is 0 Å². The zero-order valence-corrected chi connectivity index (χ0v) is 15.1. The Balaban J connectivity index is 1.46. The Morgan fingerprint density at radius 1 is 1.28 bits per heavy atom. The van der Waals surface area contributed by atoms with Gasteiger partial charge in [-0.15, -0.1) is 0 Å². The summed E-state index contributed by atoms with van der Waals surface area (Å²) in [7, 11) is 0. The number of aromatic nitrogens is 3. The highest BCUT2D eigenvalue weighted by Crippen LogP contribution is 2.20. The van der Waals surface area contributed by atoms with Crippen LogP contribution in [0.3, 0.4) is 0 Å². The summed E-state index contributed by atoms with van der Waals surface area (Å²) < 4.78 is 1.79. The molecule has 2 aromatic heterocycles. The van der Waals surface area contributed by atoms with Crippen molar-refractivity contribution in [2.75, 3.05) is 26.2 Å². The van der Waals surface area contributed by atoms with Crippen molar-refractivity contribution in [1.82, 2.24) is 24.8 Å². The monoisotopic (exact) mass is 341 g/mol. The van der Waals surface area contributed by atoms with Crippen molar-refractivity contribution in [3.05, 3.63) is 42.6 Å². The summed E-state index contributed by atoms with van der Waals surface area (Å²) in [6, 6.07) is 3.52. The number of carbonyl (C=O) groups is 1. The molecule has 0 aromatic carbocycles. The third-order valence-corrected chi connectivity index (χ3v) is 4.66. The van der Waals surface area contributed by atoms with Crippen molar-refractivity contribution >= 4 is 5.91 Å². The number of imidazole rings is 1. The highest BCUT2D eigenvalue weighted by molar-refractivity contribution is 5.94. The van der Waals surface area contributed by atoms with Crippen molar-refractivity contribution in [2.24, 2.45) is 11.8 Å². The number of amides is 1. The fraction of sp³-hybridized carbons (Fsp3) is 0.526. The Morgan fingerprint density at radius 3 is 2.80 bits per heavy atom. The number of nitrogens with one attached hydrogen (secondary N) is 1. The van der Waals surface area contributed by atoms with Crippen LogP contribution in [0.15, 0.2) is 37.1 Å². The van der Waals surface area contributed by atoms with E-state index in [0.717, 1.165) is 24.8 Å². The van der Waals surface area contributed by atoms with Crippen LogP contribution in [0.2, 0.25) is 0 Å². The lowest BCUT2D eigenvalue weighted by Crippen LogP contribution is -2.40. The van der Waals surface area contributed by atoms with Gasteiger partial charge in [0, 0.05) is 43.8 Å². The van der Waals surface area contributed by atoms with Crippen LogP contribution in [0.4, 0.5) is 0 Å². The maximum Gasteiger partial charge on any atom is 0.251 e. The van der Waals surface area contributed by atoms with Crippen LogP contribution in [0, 0.1) is 11.8 Å². The predicted octanol–water partition coefficient (Wildman–Crippen LogP) is 2.37. The number of hydrogen-bond donors (Lipinski definition) is 1. The first kappa shape index (κ1) is 17.6. The fourth-order valence-electron chi connectivity index (χ4n) is 3.68. The molecule has 6 heteroatoms. The SMILES string of the molecule is CC1CC(C)CN(CCCNC(=O)c2ccnc(-n3ccnc3)c2)C1. The van der Waals surface area contributed by atoms with Gasteiger partial charge in [-0.3, -0.25) is 9.36 Å². The first-order valence-electron chi connectivity index (χ1n) is 9.06. The lowest BCUT2D eigenvalue weighted by atomic mass is 9.92. The van der Waals surface area contributed by atoms with Crippen molar-refractivity contribution in [2.45, 2.75) is 26.7 Å². The van der Waals surface area contributed by atoms with E-state index in [4.69, 9.17) is 0 Å². The topological polar surface area (TPSA) is 63.1 Å². The molecule has 1 amide bonds. The van der Waals surface area contributed by atoms with E-state index in [1.807, 2.05) is 6.20 Å². The van der Waals surface area contributed by atoms with Gasteiger partial charge >= 0.3 is 0 Å². The second-order valence-electron chi connectivity index (χ2n) is 7.19. The largest absolute Gasteiger partial charge is 0.352 e. The minimum absolute atomic E-state index is 0.0517. The van der Waals surface area contributed by atoms with Crippen LogP contribution in [-0.2, 0) is 0 Å². The second-order valence-corrected chi connectivity index (χ2v) is 7.19. The Bertz CT molecular complexity index is 675. The number of rotatable bonds is 6. The number of carbonyl (C=O) groups excluding carboxylic acids is 1. The molecule has 1 aliphatic rings. The molecule has 1 saturated heterocycles. The maximum atomic E-state index is 12.3. The maximum absolute atomic E-state index is 12.3. The van der Waals surface area contributed by atoms with E-state index in [2.05, 4.69) is 34.0 Å². The van der Waals surface area contributed by atoms with Crippen LogP contribution in [0.5, 0.6) is 0 Å². The molecule has 6 nitrogen and oxygen atoms in total. The molecule has 0 saturated carbocycles. The third kappa shape index (κ3) is 4.89. The molecule has 0 radical (unpaired) electrons. The molecule has 0 aliphatic carbocycles. The van der Waals surface area contributed by atoms with Gasteiger partial charge in [-0.1, -0.05) is 13.8 Å². The van der Waals surface area contributed by atoms with Gasteiger partial charge in [0.2, 0.25) is 0 Å². The normalized spacial score (nSPS) is 21.2. The second kappa shape index (κ2) is 8.25. The predicted molar refractivity (Wildman–Crippen MR) is 97.7 cm³/mol. The number of likely N-dealkylation sites (tertiary alicyclic amines) is 1. The van der Waals surface area contributed by atoms with E-state index in [-0.39, 0.29) is 5.91 Å². The summed E-state index contributed by atoms with van der Waals surface area (Å²) in [4.78, 5) is 23.1. The molecule has 1 fully saturated rings. The molecule has 2 aromatic rings. The highest BCUT2D eigenvalue weighted by atomic mass is 16.1. The van der Waals surface area contributed by atoms with Crippen LogP contribution in [-0.4, -0.2) is 51.5 Å². The fourth-order valence-corrected chi connectivity index (χ4v) is 3.68. The smallest absolute Gasteiger partial charge is 0.251 e. The molecule has 25 heavy (non-hydrogen) atoms. The molecule has 2 atom stereocenters. The van der Waals surface area contributed by atoms with Gasteiger partial charge in [-0.25, -0.2) is 9.97 Å². The van der Waals surface area contributed by atoms with Gasteiger partial charge in [0.25, 0.3) is 5.91 Å². The van der Waals surface area contributed by atoms with E-state index in [1.54, 1.807) is 35.4 Å². The Hall–Kier alpha value is -2.21. The lowest BCUT2D eigenvalue weighted by Gasteiger charge is -2.34. The van der Waals surface area contributed by atoms with Crippen LogP contribution >= 0.6 is 0 Å². The van der Waals surface area contributed by atoms with E-state index in [1.165, 1.54) is 19.5 Å². The minimum Gasteiger partial charge on any atom is -0.352 e. The molecule has 3 heterocycles. The molecule has 0 spiro atoms. The molecule has 0 bridgehead atoms. The molecule has 134 valence electrons. The van der Waals surface area contributed by atoms with Gasteiger partial charge in [0.1, 0.15) is 12.1 Å². The quantitative estimate of drug-likeness (QED) is 0.820. The lowest BCUT2D eigenvalue weighted by molar-refractivity contribution is 0.0947. The minimum atomic E-state index is -0.0517. The average Bonchev–Trinajstić information content (AvgIpc) is 3.12. The van der Waals surface area contributed by atoms with Crippen molar-refractivity contribution in [1.29, 1.82) is 0 Å². The third-order valence-electron chi connectivity index (χ3n) is 4.66. The Labute approximate surface area is 149 Å². The molecular weight excluding hydrogens is 314 g/mol. The standard InChI is InChI=1S/C19H27N5O/c1-15-10-16(2)13-23(12-15)8-3-5-22-19(25)17-4-6-21-18(11-17)24-9-7-20-14-24/h4,6-7,9,11,14-16H,3,5,8,10,12-13H2,1-2H3,(H,22,25). The Morgan fingerprint density at radius 2 is 2.08 bits per heavy atom. The Kier molecular flexibility index (Phi) is 5.81. The zero-order valence-electron chi connectivity index (χ0n) is 15.1. The first-order chi connectivity index (χ1) is 12.1. The van der Waals surface area contributed by atoms with Crippen LogP contribution in [0.25, 0.3) is 5.82 Å². The summed E-state index contributed by atoms with van der Waals surface area (Å²) in [5.74, 6) is 2.19. The van der Waals surface area contributed by atoms with E-state index in [9.17, 15) is 4.79 Å². The number of pyridine rings is 1. The molecule has 1 N–H and O–H groups in total. The summed E-state index contributed by atoms with van der Waals surface area (Å²) in [5, 5.41) is 3.02. The van der Waals surface area contributed by atoms with Gasteiger partial charge in [-0.2, -0.15) is 0 Å². The number of piperidine rings is 1. The number of hydrogen-bond acceptors (Lipinski definition) is 4. The zero-order chi connectivity index (χ0) is 17.6. The van der Waals surface area contributed by atoms with E-state index in [0.29, 0.717) is 17.9 Å². The first-order valence-corrected chi connectivity index (χ1v) is 9.06. The van der Waals surface area contributed by atoms with Crippen molar-refractivity contribution in [3.8, 4) is 5.82 Å². The van der Waals surface area contributed by atoms with E-state index >= 15 is 0 Å². The molecule has 1 aliphatic heterocycles. The van der Waals surface area contributed by atoms with Gasteiger partial charge in [0.05, 0.1) is 0 Å². The van der Waals surface area contributed by atoms with Crippen molar-refractivity contribution < 1.29 is 4.79 Å². The van der Waals surface area contributed by atoms with Gasteiger partial charge in [0.15, 0.2) is 0 Å². The summed E-state index contributed by atoms with van der Waals surface area (Å²) in [6.07, 6.45) is 9.13. The average molecular weight is 341 g/mol. The van der Waals surface area contributed by atoms with Crippen LogP contribution < -0.4 is 5.32 Å².